The van der Waals surface area contributed by atoms with Crippen LogP contribution in [0.15, 0.2) is 194 Å². The zero-order chi connectivity index (χ0) is 35.8. The molecule has 252 valence electrons. The SMILES string of the molecule is c1ccc(-c2cc(-c3ccc(-c4ccccn4)cc3)c3ccc4c(-c5ccc(-c6ccccn6)cc5)cc(-c5ccc6ccccc6c5)nc4c3n2)cc1. The van der Waals surface area contributed by atoms with Crippen molar-refractivity contribution in [3.8, 4) is 67.3 Å². The molecule has 54 heavy (non-hydrogen) atoms. The number of benzene rings is 6. The number of aromatic nitrogens is 4. The van der Waals surface area contributed by atoms with Crippen LogP contribution in [0.3, 0.4) is 0 Å². The van der Waals surface area contributed by atoms with Gasteiger partial charge in [-0.3, -0.25) is 9.97 Å². The normalized spacial score (nSPS) is 11.3. The van der Waals surface area contributed by atoms with Gasteiger partial charge in [-0.1, -0.05) is 140 Å². The molecule has 10 aromatic rings. The molecule has 4 nitrogen and oxygen atoms in total. The molecule has 6 aromatic carbocycles. The Hall–Kier alpha value is -7.30. The molecule has 0 fully saturated rings. The van der Waals surface area contributed by atoms with Crippen LogP contribution in [0.5, 0.6) is 0 Å². The summed E-state index contributed by atoms with van der Waals surface area (Å²) in [4.78, 5) is 20.0. The van der Waals surface area contributed by atoms with Crippen LogP contribution >= 0.6 is 0 Å². The molecule has 0 radical (unpaired) electrons. The lowest BCUT2D eigenvalue weighted by atomic mass is 9.93. The highest BCUT2D eigenvalue weighted by Gasteiger charge is 2.18. The third-order valence-electron chi connectivity index (χ3n) is 10.2. The highest BCUT2D eigenvalue weighted by Crippen LogP contribution is 2.40. The van der Waals surface area contributed by atoms with Crippen LogP contribution in [0.2, 0.25) is 0 Å². The molecule has 0 spiro atoms. The fourth-order valence-corrected chi connectivity index (χ4v) is 7.41. The summed E-state index contributed by atoms with van der Waals surface area (Å²) in [6.07, 6.45) is 3.67. The summed E-state index contributed by atoms with van der Waals surface area (Å²) in [6.45, 7) is 0. The second kappa shape index (κ2) is 13.4. The van der Waals surface area contributed by atoms with Gasteiger partial charge in [-0.25, -0.2) is 9.97 Å². The van der Waals surface area contributed by atoms with Gasteiger partial charge in [-0.2, -0.15) is 0 Å². The minimum Gasteiger partial charge on any atom is -0.256 e. The first-order chi connectivity index (χ1) is 26.7. The van der Waals surface area contributed by atoms with E-state index >= 15 is 0 Å². The molecule has 4 heteroatoms. The Bertz CT molecular complexity index is 2940. The first-order valence-corrected chi connectivity index (χ1v) is 18.1. The number of nitrogens with zero attached hydrogens (tertiary/aromatic N) is 4. The van der Waals surface area contributed by atoms with Gasteiger partial charge in [0, 0.05) is 45.4 Å². The molecule has 0 N–H and O–H groups in total. The minimum atomic E-state index is 0.867. The van der Waals surface area contributed by atoms with Gasteiger partial charge in [0.15, 0.2) is 0 Å². The molecule has 0 atom stereocenters. The number of pyridine rings is 4. The first-order valence-electron chi connectivity index (χ1n) is 18.1. The van der Waals surface area contributed by atoms with E-state index in [-0.39, 0.29) is 0 Å². The molecule has 0 amide bonds. The van der Waals surface area contributed by atoms with Crippen LogP contribution in [0.25, 0.3) is 99.9 Å². The maximum atomic E-state index is 5.47. The maximum Gasteiger partial charge on any atom is 0.0978 e. The molecule has 4 aromatic heterocycles. The van der Waals surface area contributed by atoms with Crippen molar-refractivity contribution >= 4 is 32.6 Å². The van der Waals surface area contributed by atoms with E-state index in [1.165, 1.54) is 10.8 Å². The number of hydrogen-bond acceptors (Lipinski definition) is 4. The Morgan fingerprint density at radius 2 is 0.722 bits per heavy atom. The molecule has 0 saturated heterocycles. The molecule has 10 rings (SSSR count). The zero-order valence-corrected chi connectivity index (χ0v) is 29.3. The van der Waals surface area contributed by atoms with Crippen LogP contribution in [0.4, 0.5) is 0 Å². The third kappa shape index (κ3) is 5.76. The Kier molecular flexibility index (Phi) is 7.77. The lowest BCUT2D eigenvalue weighted by Gasteiger charge is -2.16. The predicted octanol–water partition coefficient (Wildman–Crippen LogP) is 12.7. The van der Waals surface area contributed by atoms with Crippen molar-refractivity contribution in [1.82, 2.24) is 19.9 Å². The lowest BCUT2D eigenvalue weighted by Crippen LogP contribution is -1.96. The number of hydrogen-bond donors (Lipinski definition) is 0. The second-order valence-electron chi connectivity index (χ2n) is 13.5. The highest BCUT2D eigenvalue weighted by atomic mass is 14.8. The lowest BCUT2D eigenvalue weighted by molar-refractivity contribution is 1.33. The van der Waals surface area contributed by atoms with Crippen molar-refractivity contribution in [2.75, 3.05) is 0 Å². The summed E-state index contributed by atoms with van der Waals surface area (Å²) in [5, 5.41) is 4.47. The van der Waals surface area contributed by atoms with Crippen LogP contribution < -0.4 is 0 Å². The van der Waals surface area contributed by atoms with Gasteiger partial charge in [-0.05, 0) is 75.5 Å². The molecular formula is C50H32N4. The van der Waals surface area contributed by atoms with Crippen molar-refractivity contribution in [2.24, 2.45) is 0 Å². The van der Waals surface area contributed by atoms with Crippen molar-refractivity contribution in [3.63, 3.8) is 0 Å². The Morgan fingerprint density at radius 1 is 0.278 bits per heavy atom. The van der Waals surface area contributed by atoms with Gasteiger partial charge in [0.25, 0.3) is 0 Å². The monoisotopic (exact) mass is 688 g/mol. The summed E-state index contributed by atoms with van der Waals surface area (Å²) in [5.41, 5.74) is 14.1. The Morgan fingerprint density at radius 3 is 1.26 bits per heavy atom. The average molecular weight is 689 g/mol. The van der Waals surface area contributed by atoms with E-state index in [4.69, 9.17) is 9.97 Å². The van der Waals surface area contributed by atoms with Crippen molar-refractivity contribution < 1.29 is 0 Å². The van der Waals surface area contributed by atoms with Crippen LogP contribution in [0.1, 0.15) is 0 Å². The third-order valence-corrected chi connectivity index (χ3v) is 10.2. The Balaban J connectivity index is 1.22. The maximum absolute atomic E-state index is 5.47. The fraction of sp³-hybridized carbons (Fsp3) is 0. The molecule has 0 aliphatic rings. The molecule has 0 saturated carbocycles. The molecule has 0 aliphatic heterocycles. The number of rotatable bonds is 6. The molecule has 4 heterocycles. The first kappa shape index (κ1) is 31.4. The average Bonchev–Trinajstić information content (AvgIpc) is 3.26. The molecule has 0 bridgehead atoms. The minimum absolute atomic E-state index is 0.867. The van der Waals surface area contributed by atoms with Crippen LogP contribution in [0, 0.1) is 0 Å². The van der Waals surface area contributed by atoms with Gasteiger partial charge in [-0.15, -0.1) is 0 Å². The van der Waals surface area contributed by atoms with Crippen LogP contribution in [-0.2, 0) is 0 Å². The predicted molar refractivity (Wildman–Crippen MR) is 223 cm³/mol. The van der Waals surface area contributed by atoms with E-state index in [2.05, 4.69) is 149 Å². The zero-order valence-electron chi connectivity index (χ0n) is 29.3. The number of fused-ring (bicyclic) bond motifs is 4. The summed E-state index contributed by atoms with van der Waals surface area (Å²) in [5.74, 6) is 0. The standard InChI is InChI=1S/C50H32N4/c1-2-11-36(12-3-1)47-31-43(34-17-21-37(22-18-34)45-14-6-8-28-51-45)41-26-27-42-44(35-19-23-38(24-20-35)46-15-7-9-29-52-46)32-48(54-50(42)49(41)53-47)40-25-16-33-10-4-5-13-39(33)30-40/h1-32H. The Labute approximate surface area is 313 Å². The summed E-state index contributed by atoms with van der Waals surface area (Å²) in [7, 11) is 0. The quantitative estimate of drug-likeness (QED) is 0.163. The largest absolute Gasteiger partial charge is 0.256 e. The van der Waals surface area contributed by atoms with E-state index in [0.717, 1.165) is 89.1 Å². The summed E-state index contributed by atoms with van der Waals surface area (Å²) >= 11 is 0. The van der Waals surface area contributed by atoms with Gasteiger partial charge in [0.2, 0.25) is 0 Å². The van der Waals surface area contributed by atoms with Gasteiger partial charge >= 0.3 is 0 Å². The summed E-state index contributed by atoms with van der Waals surface area (Å²) < 4.78 is 0. The topological polar surface area (TPSA) is 51.6 Å². The van der Waals surface area contributed by atoms with E-state index in [1.807, 2.05) is 54.9 Å². The molecule has 0 unspecified atom stereocenters. The highest BCUT2D eigenvalue weighted by molar-refractivity contribution is 6.13. The van der Waals surface area contributed by atoms with Crippen LogP contribution in [-0.4, -0.2) is 19.9 Å². The smallest absolute Gasteiger partial charge is 0.0978 e. The van der Waals surface area contributed by atoms with Gasteiger partial charge in [0.05, 0.1) is 33.8 Å². The van der Waals surface area contributed by atoms with E-state index < -0.39 is 0 Å². The van der Waals surface area contributed by atoms with Crippen molar-refractivity contribution in [3.05, 3.63) is 194 Å². The second-order valence-corrected chi connectivity index (χ2v) is 13.5. The van der Waals surface area contributed by atoms with Gasteiger partial charge < -0.3 is 0 Å². The van der Waals surface area contributed by atoms with Crippen molar-refractivity contribution in [2.45, 2.75) is 0 Å². The molecular weight excluding hydrogens is 657 g/mol. The van der Waals surface area contributed by atoms with E-state index in [1.54, 1.807) is 0 Å². The van der Waals surface area contributed by atoms with Gasteiger partial charge in [0.1, 0.15) is 0 Å². The fourth-order valence-electron chi connectivity index (χ4n) is 7.41. The summed E-state index contributed by atoms with van der Waals surface area (Å²) in [6, 6.07) is 63.7. The molecule has 0 aliphatic carbocycles. The van der Waals surface area contributed by atoms with E-state index in [9.17, 15) is 0 Å². The van der Waals surface area contributed by atoms with Crippen molar-refractivity contribution in [1.29, 1.82) is 0 Å². The van der Waals surface area contributed by atoms with E-state index in [0.29, 0.717) is 0 Å².